The zero-order chi connectivity index (χ0) is 24.8. The van der Waals surface area contributed by atoms with Crippen molar-refractivity contribution in [2.24, 2.45) is 0 Å². The zero-order valence-electron chi connectivity index (χ0n) is 19.1. The predicted molar refractivity (Wildman–Crippen MR) is 137 cm³/mol. The molecule has 1 aliphatic rings. The van der Waals surface area contributed by atoms with Gasteiger partial charge in [-0.05, 0) is 55.3 Å². The smallest absolute Gasteiger partial charge is 0.410 e. The standard InChI is InChI=1S/C24H25BrN4O5S/c1-2-33-24(32)29-10-9-18-19(14-29)35-23(28-20(30)13-26-12-17-4-3-11-34-17)21(18)22(31)27-16-7-5-15(25)6-8-16/h3-8,11,26H,2,9-10,12-14H2,1H3,(H,27,31)(H,28,30). The van der Waals surface area contributed by atoms with Crippen molar-refractivity contribution >= 4 is 55.9 Å². The number of carbonyl (C=O) groups excluding carboxylic acids is 3. The van der Waals surface area contributed by atoms with Crippen molar-refractivity contribution in [1.29, 1.82) is 0 Å². The molecule has 3 aromatic rings. The Hall–Kier alpha value is -3.15. The first-order chi connectivity index (χ1) is 16.9. The molecule has 35 heavy (non-hydrogen) atoms. The Kier molecular flexibility index (Phi) is 8.21. The second kappa shape index (κ2) is 11.5. The van der Waals surface area contributed by atoms with Crippen molar-refractivity contribution < 1.29 is 23.5 Å². The van der Waals surface area contributed by atoms with Gasteiger partial charge in [-0.2, -0.15) is 0 Å². The summed E-state index contributed by atoms with van der Waals surface area (Å²) >= 11 is 4.69. The maximum Gasteiger partial charge on any atom is 0.410 e. The fraction of sp³-hybridized carbons (Fsp3) is 0.292. The van der Waals surface area contributed by atoms with E-state index in [0.29, 0.717) is 48.9 Å². The minimum Gasteiger partial charge on any atom is -0.468 e. The van der Waals surface area contributed by atoms with E-state index in [0.717, 1.165) is 20.7 Å². The monoisotopic (exact) mass is 560 g/mol. The number of nitrogens with zero attached hydrogens (tertiary/aromatic N) is 1. The summed E-state index contributed by atoms with van der Waals surface area (Å²) in [6.45, 7) is 3.26. The molecule has 0 saturated heterocycles. The molecule has 3 amide bonds. The van der Waals surface area contributed by atoms with E-state index in [4.69, 9.17) is 9.15 Å². The highest BCUT2D eigenvalue weighted by molar-refractivity contribution is 9.10. The van der Waals surface area contributed by atoms with E-state index in [1.807, 2.05) is 18.2 Å². The Morgan fingerprint density at radius 1 is 1.17 bits per heavy atom. The van der Waals surface area contributed by atoms with E-state index in [2.05, 4.69) is 31.9 Å². The number of nitrogens with one attached hydrogen (secondary N) is 3. The first kappa shape index (κ1) is 25.0. The van der Waals surface area contributed by atoms with Gasteiger partial charge in [0.2, 0.25) is 5.91 Å². The van der Waals surface area contributed by atoms with Crippen LogP contribution in [0.1, 0.15) is 33.5 Å². The molecule has 0 atom stereocenters. The fourth-order valence-corrected chi connectivity index (χ4v) is 5.25. The molecule has 2 aromatic heterocycles. The molecule has 0 fully saturated rings. The minimum absolute atomic E-state index is 0.0476. The van der Waals surface area contributed by atoms with Gasteiger partial charge in [0.15, 0.2) is 0 Å². The number of amides is 3. The normalized spacial score (nSPS) is 12.7. The third kappa shape index (κ3) is 6.30. The van der Waals surface area contributed by atoms with E-state index >= 15 is 0 Å². The number of ether oxygens (including phenoxy) is 1. The summed E-state index contributed by atoms with van der Waals surface area (Å²) in [5, 5.41) is 9.27. The molecule has 11 heteroatoms. The maximum absolute atomic E-state index is 13.3. The van der Waals surface area contributed by atoms with Crippen molar-refractivity contribution in [3.8, 4) is 0 Å². The lowest BCUT2D eigenvalue weighted by Gasteiger charge is -2.26. The molecule has 0 spiro atoms. The summed E-state index contributed by atoms with van der Waals surface area (Å²) in [5.41, 5.74) is 1.90. The largest absolute Gasteiger partial charge is 0.468 e. The van der Waals surface area contributed by atoms with Crippen molar-refractivity contribution in [1.82, 2.24) is 10.2 Å². The van der Waals surface area contributed by atoms with E-state index < -0.39 is 0 Å². The molecule has 3 N–H and O–H groups in total. The molecule has 0 unspecified atom stereocenters. The number of benzene rings is 1. The van der Waals surface area contributed by atoms with Crippen LogP contribution in [0, 0.1) is 0 Å². The zero-order valence-corrected chi connectivity index (χ0v) is 21.5. The molecule has 9 nitrogen and oxygen atoms in total. The van der Waals surface area contributed by atoms with Crippen LogP contribution >= 0.6 is 27.3 Å². The molecule has 184 valence electrons. The molecule has 0 saturated carbocycles. The average molecular weight is 561 g/mol. The topological polar surface area (TPSA) is 113 Å². The van der Waals surface area contributed by atoms with Crippen molar-refractivity contribution in [3.05, 3.63) is 68.9 Å². The summed E-state index contributed by atoms with van der Waals surface area (Å²) < 4.78 is 11.3. The van der Waals surface area contributed by atoms with Gasteiger partial charge in [0.1, 0.15) is 10.8 Å². The molecule has 0 bridgehead atoms. The first-order valence-electron chi connectivity index (χ1n) is 11.1. The maximum atomic E-state index is 13.3. The van der Waals surface area contributed by atoms with Gasteiger partial charge >= 0.3 is 6.09 Å². The Balaban J connectivity index is 1.52. The summed E-state index contributed by atoms with van der Waals surface area (Å²) in [5.74, 6) is 0.126. The van der Waals surface area contributed by atoms with Crippen molar-refractivity contribution in [2.45, 2.75) is 26.4 Å². The Morgan fingerprint density at radius 2 is 1.97 bits per heavy atom. The Morgan fingerprint density at radius 3 is 2.69 bits per heavy atom. The molecule has 0 radical (unpaired) electrons. The van der Waals surface area contributed by atoms with Crippen LogP contribution in [0.5, 0.6) is 0 Å². The lowest BCUT2D eigenvalue weighted by Crippen LogP contribution is -2.36. The molecular weight excluding hydrogens is 536 g/mol. The average Bonchev–Trinajstić information content (AvgIpc) is 3.47. The van der Waals surface area contributed by atoms with Crippen LogP contribution in [-0.4, -0.2) is 42.5 Å². The van der Waals surface area contributed by atoms with Crippen LogP contribution < -0.4 is 16.0 Å². The number of anilines is 2. The second-order valence-electron chi connectivity index (χ2n) is 7.77. The Bertz CT molecular complexity index is 1190. The molecule has 4 rings (SSSR count). The highest BCUT2D eigenvalue weighted by Gasteiger charge is 2.31. The number of hydrogen-bond acceptors (Lipinski definition) is 7. The number of carbonyl (C=O) groups is 3. The van der Waals surface area contributed by atoms with Gasteiger partial charge in [0, 0.05) is 21.6 Å². The molecule has 1 aliphatic heterocycles. The lowest BCUT2D eigenvalue weighted by molar-refractivity contribution is -0.115. The number of furan rings is 1. The van der Waals surface area contributed by atoms with Crippen LogP contribution in [-0.2, 0) is 29.0 Å². The lowest BCUT2D eigenvalue weighted by atomic mass is 10.0. The summed E-state index contributed by atoms with van der Waals surface area (Å²) in [4.78, 5) is 40.7. The van der Waals surface area contributed by atoms with Crippen LogP contribution in [0.4, 0.5) is 15.5 Å². The van der Waals surface area contributed by atoms with Crippen LogP contribution in [0.2, 0.25) is 0 Å². The number of halogens is 1. The summed E-state index contributed by atoms with van der Waals surface area (Å²) in [6, 6.07) is 10.9. The van der Waals surface area contributed by atoms with E-state index in [-0.39, 0.29) is 24.5 Å². The Labute approximate surface area is 214 Å². The van der Waals surface area contributed by atoms with E-state index in [1.54, 1.807) is 36.3 Å². The highest BCUT2D eigenvalue weighted by atomic mass is 79.9. The third-order valence-electron chi connectivity index (χ3n) is 5.33. The molecule has 0 aliphatic carbocycles. The second-order valence-corrected chi connectivity index (χ2v) is 9.79. The number of fused-ring (bicyclic) bond motifs is 1. The van der Waals surface area contributed by atoms with Gasteiger partial charge < -0.3 is 30.0 Å². The van der Waals surface area contributed by atoms with E-state index in [9.17, 15) is 14.4 Å². The van der Waals surface area contributed by atoms with Crippen LogP contribution in [0.25, 0.3) is 0 Å². The van der Waals surface area contributed by atoms with Gasteiger partial charge in [-0.15, -0.1) is 11.3 Å². The van der Waals surface area contributed by atoms with Gasteiger partial charge in [0.05, 0.1) is 38.1 Å². The molecule has 1 aromatic carbocycles. The molecule has 3 heterocycles. The van der Waals surface area contributed by atoms with Crippen molar-refractivity contribution in [2.75, 3.05) is 30.3 Å². The summed E-state index contributed by atoms with van der Waals surface area (Å²) in [6.07, 6.45) is 1.67. The van der Waals surface area contributed by atoms with Gasteiger partial charge in [-0.25, -0.2) is 4.79 Å². The number of thiophene rings is 1. The van der Waals surface area contributed by atoms with Crippen molar-refractivity contribution in [3.63, 3.8) is 0 Å². The minimum atomic E-state index is -0.389. The van der Waals surface area contributed by atoms with Crippen LogP contribution in [0.15, 0.2) is 51.6 Å². The van der Waals surface area contributed by atoms with E-state index in [1.165, 1.54) is 11.3 Å². The van der Waals surface area contributed by atoms with Gasteiger partial charge in [-0.1, -0.05) is 15.9 Å². The SMILES string of the molecule is CCOC(=O)N1CCc2c(sc(NC(=O)CNCc3ccco3)c2C(=O)Nc2ccc(Br)cc2)C1. The first-order valence-corrected chi connectivity index (χ1v) is 12.7. The van der Waals surface area contributed by atoms with Gasteiger partial charge in [-0.3, -0.25) is 9.59 Å². The van der Waals surface area contributed by atoms with Crippen LogP contribution in [0.3, 0.4) is 0 Å². The number of hydrogen-bond donors (Lipinski definition) is 3. The highest BCUT2D eigenvalue weighted by Crippen LogP contribution is 2.38. The summed E-state index contributed by atoms with van der Waals surface area (Å²) in [7, 11) is 0. The van der Waals surface area contributed by atoms with Gasteiger partial charge in [0.25, 0.3) is 5.91 Å². The fourth-order valence-electron chi connectivity index (χ4n) is 3.71. The third-order valence-corrected chi connectivity index (χ3v) is 6.99. The number of rotatable bonds is 8. The quantitative estimate of drug-likeness (QED) is 0.371. The molecular formula is C24H25BrN4O5S. The predicted octanol–water partition coefficient (Wildman–Crippen LogP) is 4.60.